The molecule has 1 aliphatic rings. The standard InChI is InChI=1S/C15H15FN2O/c16-12-6-10(7-13(17)8-12)9-18-14-3-1-2-11(14)4-5-15(18)19/h4-8H,1-3,9,17H2. The SMILES string of the molecule is Nc1cc(F)cc(Cn2c3c(ccc2=O)CCC3)c1. The molecule has 1 aromatic heterocycles. The van der Waals surface area contributed by atoms with Crippen LogP contribution in [0.15, 0.2) is 35.1 Å². The zero-order chi connectivity index (χ0) is 13.4. The summed E-state index contributed by atoms with van der Waals surface area (Å²) in [4.78, 5) is 12.0. The third-order valence-electron chi connectivity index (χ3n) is 3.57. The number of hydrogen-bond acceptors (Lipinski definition) is 2. The van der Waals surface area contributed by atoms with Crippen molar-refractivity contribution in [2.75, 3.05) is 5.73 Å². The second kappa shape index (κ2) is 4.53. The van der Waals surface area contributed by atoms with Gasteiger partial charge in [0.25, 0.3) is 5.56 Å². The molecule has 1 aromatic carbocycles. The van der Waals surface area contributed by atoms with E-state index in [1.165, 1.54) is 17.7 Å². The van der Waals surface area contributed by atoms with Gasteiger partial charge in [0.1, 0.15) is 5.82 Å². The molecule has 0 aliphatic heterocycles. The van der Waals surface area contributed by atoms with Gasteiger partial charge in [-0.05, 0) is 48.6 Å². The number of fused-ring (bicyclic) bond motifs is 1. The number of nitrogens with zero attached hydrogens (tertiary/aromatic N) is 1. The van der Waals surface area contributed by atoms with Gasteiger partial charge >= 0.3 is 0 Å². The van der Waals surface area contributed by atoms with E-state index < -0.39 is 0 Å². The van der Waals surface area contributed by atoms with Gasteiger partial charge in [0.2, 0.25) is 0 Å². The zero-order valence-electron chi connectivity index (χ0n) is 10.5. The molecular weight excluding hydrogens is 243 g/mol. The van der Waals surface area contributed by atoms with E-state index in [0.717, 1.165) is 30.5 Å². The van der Waals surface area contributed by atoms with E-state index in [9.17, 15) is 9.18 Å². The molecule has 0 fully saturated rings. The molecule has 0 saturated heterocycles. The number of halogens is 1. The number of nitrogen functional groups attached to an aromatic ring is 1. The van der Waals surface area contributed by atoms with E-state index in [1.807, 2.05) is 6.07 Å². The summed E-state index contributed by atoms with van der Waals surface area (Å²) >= 11 is 0. The van der Waals surface area contributed by atoms with Crippen LogP contribution in [0.5, 0.6) is 0 Å². The average molecular weight is 258 g/mol. The molecule has 3 nitrogen and oxygen atoms in total. The van der Waals surface area contributed by atoms with E-state index >= 15 is 0 Å². The molecule has 3 rings (SSSR count). The highest BCUT2D eigenvalue weighted by atomic mass is 19.1. The maximum atomic E-state index is 13.3. The van der Waals surface area contributed by atoms with Gasteiger partial charge in [-0.2, -0.15) is 0 Å². The number of benzene rings is 1. The van der Waals surface area contributed by atoms with Gasteiger partial charge in [-0.15, -0.1) is 0 Å². The Labute approximate surface area is 110 Å². The van der Waals surface area contributed by atoms with Crippen molar-refractivity contribution in [3.8, 4) is 0 Å². The van der Waals surface area contributed by atoms with E-state index in [1.54, 1.807) is 16.7 Å². The van der Waals surface area contributed by atoms with Crippen LogP contribution in [0, 0.1) is 5.82 Å². The highest BCUT2D eigenvalue weighted by molar-refractivity contribution is 5.41. The van der Waals surface area contributed by atoms with Crippen LogP contribution in [0.1, 0.15) is 23.2 Å². The fourth-order valence-corrected chi connectivity index (χ4v) is 2.76. The van der Waals surface area contributed by atoms with Crippen LogP contribution < -0.4 is 11.3 Å². The summed E-state index contributed by atoms with van der Waals surface area (Å²) in [5, 5.41) is 0. The molecule has 0 radical (unpaired) electrons. The highest BCUT2D eigenvalue weighted by Gasteiger charge is 2.16. The molecule has 4 heteroatoms. The molecule has 0 spiro atoms. The Bertz CT molecular complexity index is 671. The molecule has 19 heavy (non-hydrogen) atoms. The zero-order valence-corrected chi connectivity index (χ0v) is 10.5. The minimum Gasteiger partial charge on any atom is -0.399 e. The molecule has 0 amide bonds. The fraction of sp³-hybridized carbons (Fsp3) is 0.267. The molecule has 0 saturated carbocycles. The number of anilines is 1. The van der Waals surface area contributed by atoms with Crippen molar-refractivity contribution in [2.45, 2.75) is 25.8 Å². The number of pyridine rings is 1. The maximum Gasteiger partial charge on any atom is 0.251 e. The molecule has 1 heterocycles. The number of aryl methyl sites for hydroxylation is 1. The van der Waals surface area contributed by atoms with Crippen molar-refractivity contribution < 1.29 is 4.39 Å². The van der Waals surface area contributed by atoms with Crippen LogP contribution in [0.4, 0.5) is 10.1 Å². The normalized spacial score (nSPS) is 13.5. The lowest BCUT2D eigenvalue weighted by Gasteiger charge is -2.12. The first-order valence-corrected chi connectivity index (χ1v) is 6.40. The lowest BCUT2D eigenvalue weighted by molar-refractivity contribution is 0.622. The van der Waals surface area contributed by atoms with Gasteiger partial charge < -0.3 is 10.3 Å². The number of nitrogens with two attached hydrogens (primary N) is 1. The largest absolute Gasteiger partial charge is 0.399 e. The predicted octanol–water partition coefficient (Wildman–Crippen LogP) is 2.11. The van der Waals surface area contributed by atoms with Gasteiger partial charge in [0.15, 0.2) is 0 Å². The molecule has 1 aliphatic carbocycles. The summed E-state index contributed by atoms with van der Waals surface area (Å²) < 4.78 is 15.1. The van der Waals surface area contributed by atoms with E-state index in [4.69, 9.17) is 5.73 Å². The molecule has 2 N–H and O–H groups in total. The molecule has 98 valence electrons. The lowest BCUT2D eigenvalue weighted by Crippen LogP contribution is -2.23. The number of hydrogen-bond donors (Lipinski definition) is 1. The summed E-state index contributed by atoms with van der Waals surface area (Å²) in [6.45, 7) is 0.379. The first-order valence-electron chi connectivity index (χ1n) is 6.40. The van der Waals surface area contributed by atoms with Gasteiger partial charge in [-0.3, -0.25) is 4.79 Å². The Morgan fingerprint density at radius 2 is 2.05 bits per heavy atom. The first kappa shape index (κ1) is 12.0. The third-order valence-corrected chi connectivity index (χ3v) is 3.57. The van der Waals surface area contributed by atoms with Crippen LogP contribution in [0.2, 0.25) is 0 Å². The second-order valence-corrected chi connectivity index (χ2v) is 4.98. The van der Waals surface area contributed by atoms with Crippen LogP contribution in [0.3, 0.4) is 0 Å². The van der Waals surface area contributed by atoms with Gasteiger partial charge in [0.05, 0.1) is 6.54 Å². The summed E-state index contributed by atoms with van der Waals surface area (Å²) in [6, 6.07) is 7.91. The average Bonchev–Trinajstić information content (AvgIpc) is 2.80. The predicted molar refractivity (Wildman–Crippen MR) is 72.6 cm³/mol. The topological polar surface area (TPSA) is 48.0 Å². The quantitative estimate of drug-likeness (QED) is 0.839. The van der Waals surface area contributed by atoms with E-state index in [2.05, 4.69) is 0 Å². The Balaban J connectivity index is 2.04. The minimum absolute atomic E-state index is 0.0384. The lowest BCUT2D eigenvalue weighted by atomic mass is 10.1. The van der Waals surface area contributed by atoms with E-state index in [-0.39, 0.29) is 11.4 Å². The van der Waals surface area contributed by atoms with Crippen LogP contribution in [0.25, 0.3) is 0 Å². The molecule has 0 atom stereocenters. The fourth-order valence-electron chi connectivity index (χ4n) is 2.76. The summed E-state index contributed by atoms with van der Waals surface area (Å²) in [7, 11) is 0. The molecule has 2 aromatic rings. The number of aromatic nitrogens is 1. The Morgan fingerprint density at radius 1 is 1.21 bits per heavy atom. The maximum absolute atomic E-state index is 13.3. The van der Waals surface area contributed by atoms with Crippen molar-refractivity contribution in [3.63, 3.8) is 0 Å². The monoisotopic (exact) mass is 258 g/mol. The Morgan fingerprint density at radius 3 is 2.84 bits per heavy atom. The summed E-state index contributed by atoms with van der Waals surface area (Å²) in [6.07, 6.45) is 3.00. The minimum atomic E-state index is -0.365. The second-order valence-electron chi connectivity index (χ2n) is 4.98. The third kappa shape index (κ3) is 2.26. The Hall–Kier alpha value is -2.10. The van der Waals surface area contributed by atoms with Crippen molar-refractivity contribution in [1.82, 2.24) is 4.57 Å². The molecular formula is C15H15FN2O. The van der Waals surface area contributed by atoms with Crippen molar-refractivity contribution in [3.05, 3.63) is 63.3 Å². The molecule has 0 bridgehead atoms. The smallest absolute Gasteiger partial charge is 0.251 e. The van der Waals surface area contributed by atoms with Crippen molar-refractivity contribution in [1.29, 1.82) is 0 Å². The van der Waals surface area contributed by atoms with Crippen molar-refractivity contribution >= 4 is 5.69 Å². The summed E-state index contributed by atoms with van der Waals surface area (Å²) in [5.74, 6) is -0.365. The molecule has 0 unspecified atom stereocenters. The summed E-state index contributed by atoms with van der Waals surface area (Å²) in [5.41, 5.74) is 9.01. The highest BCUT2D eigenvalue weighted by Crippen LogP contribution is 2.21. The van der Waals surface area contributed by atoms with Crippen LogP contribution in [-0.2, 0) is 19.4 Å². The van der Waals surface area contributed by atoms with Crippen molar-refractivity contribution in [2.24, 2.45) is 0 Å². The first-order chi connectivity index (χ1) is 9.13. The van der Waals surface area contributed by atoms with Gasteiger partial charge in [0, 0.05) is 17.4 Å². The number of rotatable bonds is 2. The Kier molecular flexibility index (Phi) is 2.85. The van der Waals surface area contributed by atoms with E-state index in [0.29, 0.717) is 12.2 Å². The van der Waals surface area contributed by atoms with Crippen LogP contribution >= 0.6 is 0 Å². The van der Waals surface area contributed by atoms with Gasteiger partial charge in [-0.25, -0.2) is 4.39 Å². The van der Waals surface area contributed by atoms with Gasteiger partial charge in [-0.1, -0.05) is 6.07 Å². The van der Waals surface area contributed by atoms with Crippen LogP contribution in [-0.4, -0.2) is 4.57 Å².